The SMILES string of the molecule is C=C(C)C.CC#CC1CC1.CC#C[Si](C)(C)C.CCC(=O)C(F)(F)F.CCC(=O)OC(C)(C)C.CCC(=O)c1ccccc1.Cc1cccs1. The molecule has 50 heavy (non-hydrogen) atoms. The predicted octanol–water partition coefficient (Wildman–Crippen LogP) is 12.5. The molecule has 0 unspecified atom stereocenters. The van der Waals surface area contributed by atoms with E-state index in [1.807, 2.05) is 85.7 Å². The lowest BCUT2D eigenvalue weighted by Gasteiger charge is -2.18. The summed E-state index contributed by atoms with van der Waals surface area (Å²) in [5, 5.41) is 2.08. The van der Waals surface area contributed by atoms with Crippen molar-refractivity contribution in [2.45, 2.75) is 140 Å². The summed E-state index contributed by atoms with van der Waals surface area (Å²) in [6, 6.07) is 13.5. The molecule has 0 saturated heterocycles. The lowest BCUT2D eigenvalue weighted by Crippen LogP contribution is -2.23. The van der Waals surface area contributed by atoms with E-state index >= 15 is 0 Å². The van der Waals surface area contributed by atoms with Gasteiger partial charge in [0.15, 0.2) is 5.78 Å². The molecule has 1 heterocycles. The number of rotatable bonds is 4. The zero-order valence-corrected chi connectivity index (χ0v) is 34.9. The average Bonchev–Trinajstić information content (AvgIpc) is 3.70. The summed E-state index contributed by atoms with van der Waals surface area (Å²) >= 11 is 1.78. The highest BCUT2D eigenvalue weighted by molar-refractivity contribution is 7.09. The summed E-state index contributed by atoms with van der Waals surface area (Å²) in [6.07, 6.45) is -1.36. The van der Waals surface area contributed by atoms with Crippen LogP contribution in [0.2, 0.25) is 19.6 Å². The minimum absolute atomic E-state index is 0.137. The number of carbonyl (C=O) groups excluding carboxylic acids is 3. The van der Waals surface area contributed by atoms with Crippen LogP contribution in [0.1, 0.15) is 117 Å². The van der Waals surface area contributed by atoms with Crippen LogP contribution < -0.4 is 0 Å². The molecular weight excluding hydrogens is 674 g/mol. The molecule has 3 rings (SSSR count). The van der Waals surface area contributed by atoms with Crippen molar-refractivity contribution in [2.75, 3.05) is 0 Å². The number of esters is 1. The maximum atomic E-state index is 11.1. The molecule has 1 fully saturated rings. The van der Waals surface area contributed by atoms with Gasteiger partial charge in [0.25, 0.3) is 0 Å². The summed E-state index contributed by atoms with van der Waals surface area (Å²) in [7, 11) is -1.02. The van der Waals surface area contributed by atoms with Crippen molar-refractivity contribution in [3.8, 4) is 23.3 Å². The van der Waals surface area contributed by atoms with E-state index in [-0.39, 0.29) is 17.4 Å². The molecule has 9 heteroatoms. The van der Waals surface area contributed by atoms with E-state index in [9.17, 15) is 27.6 Å². The quantitative estimate of drug-likeness (QED) is 0.103. The topological polar surface area (TPSA) is 60.4 Å². The molecule has 0 amide bonds. The Labute approximate surface area is 307 Å². The summed E-state index contributed by atoms with van der Waals surface area (Å²) in [5.41, 5.74) is 4.82. The summed E-state index contributed by atoms with van der Waals surface area (Å²) in [4.78, 5) is 32.7. The van der Waals surface area contributed by atoms with Crippen LogP contribution in [-0.4, -0.2) is 37.4 Å². The first kappa shape index (κ1) is 53.4. The Kier molecular flexibility index (Phi) is 32.5. The number of benzene rings is 1. The monoisotopic (exact) mass is 736 g/mol. The fraction of sp³-hybridized carbons (Fsp3) is 0.537. The van der Waals surface area contributed by atoms with Crippen molar-refractivity contribution in [1.29, 1.82) is 0 Å². The first-order chi connectivity index (χ1) is 22.9. The molecule has 0 atom stereocenters. The highest BCUT2D eigenvalue weighted by Crippen LogP contribution is 2.27. The molecule has 1 aliphatic rings. The number of hydrogen-bond acceptors (Lipinski definition) is 5. The lowest BCUT2D eigenvalue weighted by atomic mass is 10.1. The molecular formula is C41H63F3O4SSi. The molecule has 0 bridgehead atoms. The van der Waals surface area contributed by atoms with E-state index < -0.39 is 26.5 Å². The smallest absolute Gasteiger partial charge is 0.449 e. The standard InChI is InChI=1S/C9H10O.C7H14O2.C6H12Si.C6H8.C5H6S.C4H5F3O.C4H8/c1-2-9(10)8-6-4-3-5-7-8;1-5-6(8)9-7(2,3)4;1-5-6-7(2,3)4;1-2-3-6-4-5-6;1-5-3-2-4-6-5;1-2-3(8)4(5,6)7;1-4(2)3/h3-7H,2H2,1H3;5H2,1-4H3;1-4H3;6H,4-5H2,1H3;2-4H,1H3;2H2,1H3;1H2,2-3H3. The van der Waals surface area contributed by atoms with Gasteiger partial charge in [0, 0.05) is 35.6 Å². The fourth-order valence-corrected chi connectivity index (χ4v) is 3.89. The molecule has 0 N–H and O–H groups in total. The maximum Gasteiger partial charge on any atom is 0.449 e. The third-order valence-corrected chi connectivity index (χ3v) is 6.65. The largest absolute Gasteiger partial charge is 0.460 e. The molecule has 1 aromatic heterocycles. The van der Waals surface area contributed by atoms with Crippen molar-refractivity contribution in [2.24, 2.45) is 5.92 Å². The van der Waals surface area contributed by atoms with Crippen LogP contribution in [0, 0.1) is 36.1 Å². The Morgan fingerprint density at radius 3 is 1.54 bits per heavy atom. The van der Waals surface area contributed by atoms with Crippen molar-refractivity contribution in [3.63, 3.8) is 0 Å². The zero-order valence-electron chi connectivity index (χ0n) is 33.1. The number of alkyl halides is 3. The van der Waals surface area contributed by atoms with Gasteiger partial charge in [-0.25, -0.2) is 0 Å². The van der Waals surface area contributed by atoms with E-state index in [0.29, 0.717) is 12.8 Å². The van der Waals surface area contributed by atoms with Crippen LogP contribution in [0.5, 0.6) is 0 Å². The van der Waals surface area contributed by atoms with Gasteiger partial charge in [-0.1, -0.05) is 82.4 Å². The lowest BCUT2D eigenvalue weighted by molar-refractivity contribution is -0.170. The van der Waals surface area contributed by atoms with E-state index in [1.54, 1.807) is 18.3 Å². The molecule has 1 saturated carbocycles. The number of carbonyl (C=O) groups is 3. The van der Waals surface area contributed by atoms with Gasteiger partial charge in [-0.3, -0.25) is 14.4 Å². The van der Waals surface area contributed by atoms with Gasteiger partial charge in [-0.2, -0.15) is 13.2 Å². The van der Waals surface area contributed by atoms with Gasteiger partial charge in [0.05, 0.1) is 0 Å². The third kappa shape index (κ3) is 46.7. The first-order valence-corrected chi connectivity index (χ1v) is 21.2. The number of allylic oxidation sites excluding steroid dienone is 1. The second-order valence-corrected chi connectivity index (χ2v) is 19.0. The second kappa shape index (κ2) is 30.4. The third-order valence-electron chi connectivity index (χ3n) is 4.85. The molecule has 0 aliphatic heterocycles. The molecule has 282 valence electrons. The minimum atomic E-state index is -4.63. The number of Topliss-reactive ketones (excluding diaryl/α,β-unsaturated/α-hetero) is 2. The number of aryl methyl sites for hydroxylation is 1. The number of ketones is 2. The molecule has 4 nitrogen and oxygen atoms in total. The Morgan fingerprint density at radius 2 is 1.38 bits per heavy atom. The van der Waals surface area contributed by atoms with Crippen LogP contribution in [-0.2, 0) is 14.3 Å². The van der Waals surface area contributed by atoms with Crippen LogP contribution in [0.25, 0.3) is 0 Å². The Morgan fingerprint density at radius 1 is 0.880 bits per heavy atom. The summed E-state index contributed by atoms with van der Waals surface area (Å²) in [6.45, 7) is 30.5. The minimum Gasteiger partial charge on any atom is -0.460 e. The van der Waals surface area contributed by atoms with Crippen LogP contribution in [0.4, 0.5) is 13.2 Å². The van der Waals surface area contributed by atoms with Gasteiger partial charge < -0.3 is 4.74 Å². The summed E-state index contributed by atoms with van der Waals surface area (Å²) < 4.78 is 38.2. The molecule has 0 spiro atoms. The van der Waals surface area contributed by atoms with Gasteiger partial charge in [0.1, 0.15) is 13.7 Å². The van der Waals surface area contributed by atoms with Gasteiger partial charge in [0.2, 0.25) is 5.78 Å². The van der Waals surface area contributed by atoms with Crippen LogP contribution >= 0.6 is 11.3 Å². The second-order valence-electron chi connectivity index (χ2n) is 13.1. The van der Waals surface area contributed by atoms with Gasteiger partial charge >= 0.3 is 12.1 Å². The molecule has 1 aliphatic carbocycles. The maximum absolute atomic E-state index is 11.1. The number of thiophene rings is 1. The number of halogens is 3. The Bertz CT molecular complexity index is 1310. The van der Waals surface area contributed by atoms with Crippen molar-refractivity contribution in [3.05, 3.63) is 70.4 Å². The predicted molar refractivity (Wildman–Crippen MR) is 211 cm³/mol. The zero-order chi connectivity index (χ0) is 40.0. The van der Waals surface area contributed by atoms with Gasteiger partial charge in [-0.05, 0) is 79.7 Å². The summed E-state index contributed by atoms with van der Waals surface area (Å²) in [5.74, 6) is 8.06. The highest BCUT2D eigenvalue weighted by atomic mass is 32.1. The Balaban J connectivity index is -0.000000251. The number of hydrogen-bond donors (Lipinski definition) is 0. The fourth-order valence-electron chi connectivity index (χ4n) is 2.61. The average molecular weight is 737 g/mol. The van der Waals surface area contributed by atoms with Crippen molar-refractivity contribution >= 4 is 36.9 Å². The normalized spacial score (nSPS) is 10.9. The molecule has 0 radical (unpaired) electrons. The van der Waals surface area contributed by atoms with Crippen LogP contribution in [0.15, 0.2) is 60.0 Å². The molecule has 2 aromatic rings. The van der Waals surface area contributed by atoms with Crippen molar-refractivity contribution < 1.29 is 32.3 Å². The first-order valence-electron chi connectivity index (χ1n) is 16.8. The van der Waals surface area contributed by atoms with Crippen molar-refractivity contribution in [1.82, 2.24) is 0 Å². The van der Waals surface area contributed by atoms with E-state index in [4.69, 9.17) is 4.74 Å². The number of ether oxygens (including phenoxy) is 1. The van der Waals surface area contributed by atoms with Crippen LogP contribution in [0.3, 0.4) is 0 Å². The van der Waals surface area contributed by atoms with E-state index in [2.05, 4.69) is 74.0 Å². The molecule has 1 aromatic carbocycles. The van der Waals surface area contributed by atoms with E-state index in [0.717, 1.165) is 11.5 Å². The Hall–Kier alpha value is -3.40. The van der Waals surface area contributed by atoms with E-state index in [1.165, 1.54) is 30.2 Å². The highest BCUT2D eigenvalue weighted by Gasteiger charge is 2.36. The van der Waals surface area contributed by atoms with Gasteiger partial charge in [-0.15, -0.1) is 41.2 Å².